The van der Waals surface area contributed by atoms with Gasteiger partial charge in [-0.2, -0.15) is 9.40 Å². The summed E-state index contributed by atoms with van der Waals surface area (Å²) < 4.78 is 29.3. The Morgan fingerprint density at radius 3 is 2.52 bits per heavy atom. The Balaban J connectivity index is 1.50. The first kappa shape index (κ1) is 20.4. The SMILES string of the molecule is Cc1nn2c(nc(N3CCN(S(=O)(=O)c4sc(=O)[nH]c4C)CC3)c3ccccc32)c1Cl. The lowest BCUT2D eigenvalue weighted by atomic mass is 10.2. The molecule has 0 amide bonds. The van der Waals surface area contributed by atoms with Crippen LogP contribution in [0.15, 0.2) is 33.3 Å². The number of nitrogens with zero attached hydrogens (tertiary/aromatic N) is 5. The number of aromatic amines is 1. The van der Waals surface area contributed by atoms with Gasteiger partial charge in [-0.1, -0.05) is 35.1 Å². The zero-order valence-corrected chi connectivity index (χ0v) is 19.2. The van der Waals surface area contributed by atoms with Gasteiger partial charge in [0.25, 0.3) is 10.0 Å². The van der Waals surface area contributed by atoms with Crippen LogP contribution in [0.3, 0.4) is 0 Å². The van der Waals surface area contributed by atoms with E-state index in [0.717, 1.165) is 28.1 Å². The average molecular weight is 479 g/mol. The molecule has 0 saturated carbocycles. The number of hydrogen-bond acceptors (Lipinski definition) is 7. The van der Waals surface area contributed by atoms with Gasteiger partial charge >= 0.3 is 4.87 Å². The highest BCUT2D eigenvalue weighted by atomic mass is 35.5. The van der Waals surface area contributed by atoms with E-state index in [9.17, 15) is 13.2 Å². The molecule has 12 heteroatoms. The summed E-state index contributed by atoms with van der Waals surface area (Å²) in [5.41, 5.74) is 2.55. The lowest BCUT2D eigenvalue weighted by molar-refractivity contribution is 0.385. The van der Waals surface area contributed by atoms with Crippen molar-refractivity contribution in [3.63, 3.8) is 0 Å². The van der Waals surface area contributed by atoms with E-state index in [-0.39, 0.29) is 9.08 Å². The van der Waals surface area contributed by atoms with Crippen molar-refractivity contribution < 1.29 is 8.42 Å². The molecule has 1 fully saturated rings. The first-order valence-electron chi connectivity index (χ1n) is 9.66. The predicted octanol–water partition coefficient (Wildman–Crippen LogP) is 2.41. The first-order valence-corrected chi connectivity index (χ1v) is 12.3. The minimum absolute atomic E-state index is 0.0810. The fourth-order valence-electron chi connectivity index (χ4n) is 3.90. The van der Waals surface area contributed by atoms with Crippen LogP contribution in [0.1, 0.15) is 11.4 Å². The lowest BCUT2D eigenvalue weighted by Gasteiger charge is -2.35. The van der Waals surface area contributed by atoms with Crippen LogP contribution in [0, 0.1) is 13.8 Å². The lowest BCUT2D eigenvalue weighted by Crippen LogP contribution is -2.49. The number of aryl methyl sites for hydroxylation is 2. The van der Waals surface area contributed by atoms with Crippen LogP contribution in [0.4, 0.5) is 5.82 Å². The van der Waals surface area contributed by atoms with Gasteiger partial charge in [0.2, 0.25) is 0 Å². The summed E-state index contributed by atoms with van der Waals surface area (Å²) in [6.45, 7) is 4.96. The minimum atomic E-state index is -3.72. The van der Waals surface area contributed by atoms with Gasteiger partial charge in [-0.25, -0.2) is 17.9 Å². The van der Waals surface area contributed by atoms with E-state index < -0.39 is 10.0 Å². The second-order valence-electron chi connectivity index (χ2n) is 7.41. The summed E-state index contributed by atoms with van der Waals surface area (Å²) in [5.74, 6) is 0.754. The summed E-state index contributed by atoms with van der Waals surface area (Å²) in [7, 11) is -3.72. The van der Waals surface area contributed by atoms with Gasteiger partial charge in [0.1, 0.15) is 10.8 Å². The second kappa shape index (κ2) is 7.30. The van der Waals surface area contributed by atoms with Crippen LogP contribution in [0.5, 0.6) is 0 Å². The van der Waals surface area contributed by atoms with E-state index >= 15 is 0 Å². The summed E-state index contributed by atoms with van der Waals surface area (Å²) in [6, 6.07) is 7.82. The van der Waals surface area contributed by atoms with Crippen molar-refractivity contribution in [1.29, 1.82) is 0 Å². The Labute approximate surface area is 186 Å². The molecule has 5 rings (SSSR count). The van der Waals surface area contributed by atoms with Crippen molar-refractivity contribution in [1.82, 2.24) is 23.9 Å². The maximum atomic E-state index is 13.0. The second-order valence-corrected chi connectivity index (χ2v) is 10.9. The molecule has 0 aliphatic carbocycles. The van der Waals surface area contributed by atoms with E-state index in [1.807, 2.05) is 31.2 Å². The smallest absolute Gasteiger partial charge is 0.305 e. The molecule has 4 aromatic rings. The number of H-pyrrole nitrogens is 1. The number of thiazole rings is 1. The van der Waals surface area contributed by atoms with E-state index in [0.29, 0.717) is 48.2 Å². The Hall–Kier alpha value is -2.47. The van der Waals surface area contributed by atoms with Crippen LogP contribution in [0.2, 0.25) is 5.02 Å². The van der Waals surface area contributed by atoms with Crippen LogP contribution < -0.4 is 9.77 Å². The Morgan fingerprint density at radius 1 is 1.13 bits per heavy atom. The Bertz CT molecular complexity index is 1480. The minimum Gasteiger partial charge on any atom is -0.353 e. The Kier molecular flexibility index (Phi) is 4.81. The molecule has 1 saturated heterocycles. The third-order valence-electron chi connectivity index (χ3n) is 5.44. The number of halogens is 1. The van der Waals surface area contributed by atoms with Gasteiger partial charge < -0.3 is 9.88 Å². The van der Waals surface area contributed by atoms with E-state index in [2.05, 4.69) is 15.0 Å². The molecule has 9 nitrogen and oxygen atoms in total. The van der Waals surface area contributed by atoms with Gasteiger partial charge in [-0.3, -0.25) is 4.79 Å². The maximum Gasteiger partial charge on any atom is 0.305 e. The van der Waals surface area contributed by atoms with Gasteiger partial charge in [-0.15, -0.1) is 0 Å². The van der Waals surface area contributed by atoms with E-state index in [1.165, 1.54) is 4.31 Å². The molecule has 1 aliphatic heterocycles. The van der Waals surface area contributed by atoms with Crippen molar-refractivity contribution in [2.45, 2.75) is 18.1 Å². The Morgan fingerprint density at radius 2 is 1.84 bits per heavy atom. The third-order valence-corrected chi connectivity index (χ3v) is 9.37. The summed E-state index contributed by atoms with van der Waals surface area (Å²) in [6.07, 6.45) is 0. The molecule has 1 aliphatic rings. The van der Waals surface area contributed by atoms with E-state index in [4.69, 9.17) is 16.6 Å². The molecule has 0 atom stereocenters. The maximum absolute atomic E-state index is 13.0. The molecule has 1 aromatic carbocycles. The number of sulfonamides is 1. The molecule has 1 N–H and O–H groups in total. The monoisotopic (exact) mass is 478 g/mol. The van der Waals surface area contributed by atoms with Crippen LogP contribution >= 0.6 is 22.9 Å². The van der Waals surface area contributed by atoms with Crippen molar-refractivity contribution in [2.75, 3.05) is 31.1 Å². The molecule has 4 heterocycles. The number of fused-ring (bicyclic) bond motifs is 3. The largest absolute Gasteiger partial charge is 0.353 e. The molecule has 0 spiro atoms. The number of rotatable bonds is 3. The molecule has 31 heavy (non-hydrogen) atoms. The standard InChI is InChI=1S/C19H19ClN6O3S2/c1-11-15(20)17-22-16(13-5-3-4-6-14(13)26(17)23-11)24-7-9-25(10-8-24)31(28,29)18-12(2)21-19(27)30-18/h3-6H,7-10H2,1-2H3,(H,21,27). The summed E-state index contributed by atoms with van der Waals surface area (Å²) in [4.78, 5) is 20.6. The number of piperazine rings is 1. The molecule has 0 bridgehead atoms. The van der Waals surface area contributed by atoms with Crippen LogP contribution in [0.25, 0.3) is 16.6 Å². The average Bonchev–Trinajstić information content (AvgIpc) is 3.26. The van der Waals surface area contributed by atoms with Crippen molar-refractivity contribution in [2.24, 2.45) is 0 Å². The third kappa shape index (κ3) is 3.23. The number of hydrogen-bond donors (Lipinski definition) is 1. The molecule has 3 aromatic heterocycles. The predicted molar refractivity (Wildman–Crippen MR) is 121 cm³/mol. The van der Waals surface area contributed by atoms with Crippen molar-refractivity contribution in [3.05, 3.63) is 50.3 Å². The normalized spacial score (nSPS) is 15.9. The number of aromatic nitrogens is 4. The quantitative estimate of drug-likeness (QED) is 0.485. The van der Waals surface area contributed by atoms with E-state index in [1.54, 1.807) is 11.4 Å². The number of anilines is 1. The fourth-order valence-corrected chi connectivity index (χ4v) is 6.92. The molecule has 162 valence electrons. The molecule has 0 radical (unpaired) electrons. The van der Waals surface area contributed by atoms with Crippen LogP contribution in [-0.4, -0.2) is 58.5 Å². The number of para-hydroxylation sites is 1. The molecule has 0 unspecified atom stereocenters. The number of benzene rings is 1. The van der Waals surface area contributed by atoms with Gasteiger partial charge in [-0.05, 0) is 26.0 Å². The van der Waals surface area contributed by atoms with Gasteiger partial charge in [0.05, 0.1) is 11.2 Å². The highest BCUT2D eigenvalue weighted by molar-refractivity contribution is 7.91. The molecular weight excluding hydrogens is 460 g/mol. The first-order chi connectivity index (χ1) is 14.8. The zero-order valence-electron chi connectivity index (χ0n) is 16.8. The van der Waals surface area contributed by atoms with Crippen molar-refractivity contribution >= 4 is 55.3 Å². The summed E-state index contributed by atoms with van der Waals surface area (Å²) >= 11 is 7.17. The highest BCUT2D eigenvalue weighted by Crippen LogP contribution is 2.31. The van der Waals surface area contributed by atoms with Crippen LogP contribution in [-0.2, 0) is 10.0 Å². The summed E-state index contributed by atoms with van der Waals surface area (Å²) in [5, 5.41) is 5.93. The van der Waals surface area contributed by atoms with Crippen molar-refractivity contribution in [3.8, 4) is 0 Å². The highest BCUT2D eigenvalue weighted by Gasteiger charge is 2.32. The molecular formula is C19H19ClN6O3S2. The van der Waals surface area contributed by atoms with Gasteiger partial charge in [0, 0.05) is 37.3 Å². The van der Waals surface area contributed by atoms with Gasteiger partial charge in [0.15, 0.2) is 9.86 Å². The zero-order chi connectivity index (χ0) is 21.9. The number of nitrogens with one attached hydrogen (secondary N) is 1. The topological polar surface area (TPSA) is 104 Å². The fraction of sp³-hybridized carbons (Fsp3) is 0.316.